The molecule has 102 valence electrons. The Balaban J connectivity index is 2.09. The lowest BCUT2D eigenvalue weighted by molar-refractivity contribution is -0.140. The number of amides is 1. The second kappa shape index (κ2) is 5.71. The Bertz CT molecular complexity index is 501. The molecule has 19 heavy (non-hydrogen) atoms. The van der Waals surface area contributed by atoms with E-state index in [1.54, 1.807) is 12.1 Å². The molecule has 0 saturated heterocycles. The molecule has 0 radical (unpaired) electrons. The van der Waals surface area contributed by atoms with Crippen molar-refractivity contribution >= 4 is 17.6 Å². The van der Waals surface area contributed by atoms with Crippen LogP contribution in [0.1, 0.15) is 15.9 Å². The number of aliphatic carboxylic acids is 1. The monoisotopic (exact) mass is 264 g/mol. The zero-order valence-corrected chi connectivity index (χ0v) is 10.6. The molecule has 0 bridgehead atoms. The first-order valence-corrected chi connectivity index (χ1v) is 6.01. The Morgan fingerprint density at radius 3 is 3.00 bits per heavy atom. The number of carbonyl (C=O) groups is 2. The molecular weight excluding hydrogens is 248 g/mol. The summed E-state index contributed by atoms with van der Waals surface area (Å²) in [6.45, 7) is 0.798. The molecule has 2 rings (SSSR count). The molecule has 1 aliphatic rings. The van der Waals surface area contributed by atoms with Gasteiger partial charge in [0.25, 0.3) is 5.91 Å². The summed E-state index contributed by atoms with van der Waals surface area (Å²) in [5.41, 5.74) is 2.55. The van der Waals surface area contributed by atoms with E-state index in [9.17, 15) is 9.59 Å². The number of ether oxygens (including phenoxy) is 1. The third-order valence-electron chi connectivity index (χ3n) is 3.02. The minimum Gasteiger partial charge on any atom is -0.480 e. The summed E-state index contributed by atoms with van der Waals surface area (Å²) in [6, 6.07) is 4.28. The van der Waals surface area contributed by atoms with E-state index in [4.69, 9.17) is 9.84 Å². The molecule has 6 heteroatoms. The summed E-state index contributed by atoms with van der Waals surface area (Å²) in [6.07, 6.45) is 0.943. The maximum absolute atomic E-state index is 12.0. The van der Waals surface area contributed by atoms with Gasteiger partial charge >= 0.3 is 5.97 Å². The van der Waals surface area contributed by atoms with E-state index in [1.165, 1.54) is 12.7 Å². The van der Waals surface area contributed by atoms with Gasteiger partial charge in [0.1, 0.15) is 0 Å². The molecule has 1 aliphatic heterocycles. The molecule has 0 aliphatic carbocycles. The minimum absolute atomic E-state index is 0.0652. The quantitative estimate of drug-likeness (QED) is 0.720. The van der Waals surface area contributed by atoms with Gasteiger partial charge in [-0.15, -0.1) is 0 Å². The zero-order valence-electron chi connectivity index (χ0n) is 10.6. The van der Waals surface area contributed by atoms with Crippen molar-refractivity contribution in [2.75, 3.05) is 25.6 Å². The normalized spacial score (nSPS) is 14.4. The average Bonchev–Trinajstić information content (AvgIpc) is 2.85. The van der Waals surface area contributed by atoms with Gasteiger partial charge in [-0.25, -0.2) is 4.79 Å². The van der Waals surface area contributed by atoms with Crippen molar-refractivity contribution in [2.24, 2.45) is 0 Å². The van der Waals surface area contributed by atoms with E-state index in [2.05, 4.69) is 10.6 Å². The third kappa shape index (κ3) is 3.03. The summed E-state index contributed by atoms with van der Waals surface area (Å²) >= 11 is 0. The minimum atomic E-state index is -1.12. The van der Waals surface area contributed by atoms with Crippen LogP contribution in [0.2, 0.25) is 0 Å². The van der Waals surface area contributed by atoms with Crippen LogP contribution >= 0.6 is 0 Å². The molecule has 0 saturated carbocycles. The summed E-state index contributed by atoms with van der Waals surface area (Å²) in [4.78, 5) is 22.9. The maximum atomic E-state index is 12.0. The van der Waals surface area contributed by atoms with Gasteiger partial charge in [-0.1, -0.05) is 6.07 Å². The molecular formula is C13H16N2O4. The third-order valence-corrected chi connectivity index (χ3v) is 3.02. The van der Waals surface area contributed by atoms with Gasteiger partial charge in [-0.3, -0.25) is 4.79 Å². The lowest BCUT2D eigenvalue weighted by atomic mass is 10.1. The Labute approximate surface area is 110 Å². The van der Waals surface area contributed by atoms with Gasteiger partial charge in [-0.2, -0.15) is 0 Å². The average molecular weight is 264 g/mol. The standard InChI is InChI=1S/C13H16N2O4/c1-19-7-11(13(17)18)15-12(16)9-3-2-8-4-5-14-10(8)6-9/h2-3,6,11,14H,4-5,7H2,1H3,(H,15,16)(H,17,18). The highest BCUT2D eigenvalue weighted by Crippen LogP contribution is 2.23. The number of carbonyl (C=O) groups excluding carboxylic acids is 1. The van der Waals surface area contributed by atoms with Crippen LogP contribution in [0.15, 0.2) is 18.2 Å². The van der Waals surface area contributed by atoms with Crippen molar-refractivity contribution < 1.29 is 19.4 Å². The zero-order chi connectivity index (χ0) is 13.8. The van der Waals surface area contributed by atoms with Crippen molar-refractivity contribution in [1.29, 1.82) is 0 Å². The van der Waals surface area contributed by atoms with Crippen LogP contribution in [0.25, 0.3) is 0 Å². The molecule has 6 nitrogen and oxygen atoms in total. The number of anilines is 1. The molecule has 3 N–H and O–H groups in total. The number of hydrogen-bond donors (Lipinski definition) is 3. The van der Waals surface area contributed by atoms with Crippen LogP contribution in [0, 0.1) is 0 Å². The number of carboxylic acids is 1. The summed E-state index contributed by atoms with van der Waals surface area (Å²) in [5.74, 6) is -1.53. The van der Waals surface area contributed by atoms with Crippen molar-refractivity contribution in [3.8, 4) is 0 Å². The first kappa shape index (κ1) is 13.4. The summed E-state index contributed by atoms with van der Waals surface area (Å²) in [5, 5.41) is 14.6. The molecule has 1 amide bonds. The number of nitrogens with one attached hydrogen (secondary N) is 2. The van der Waals surface area contributed by atoms with Gasteiger partial charge in [0.2, 0.25) is 0 Å². The Kier molecular flexibility index (Phi) is 4.01. The van der Waals surface area contributed by atoms with E-state index < -0.39 is 17.9 Å². The summed E-state index contributed by atoms with van der Waals surface area (Å²) < 4.78 is 4.77. The fourth-order valence-corrected chi connectivity index (χ4v) is 2.02. The second-order valence-electron chi connectivity index (χ2n) is 4.37. The van der Waals surface area contributed by atoms with Crippen molar-refractivity contribution in [2.45, 2.75) is 12.5 Å². The largest absolute Gasteiger partial charge is 0.480 e. The first-order chi connectivity index (χ1) is 9.11. The molecule has 1 heterocycles. The molecule has 0 aromatic heterocycles. The van der Waals surface area contributed by atoms with Gasteiger partial charge in [0.15, 0.2) is 6.04 Å². The number of benzene rings is 1. The van der Waals surface area contributed by atoms with Crippen molar-refractivity contribution in [3.63, 3.8) is 0 Å². The number of methoxy groups -OCH3 is 1. The van der Waals surface area contributed by atoms with Crippen LogP contribution in [-0.2, 0) is 16.0 Å². The van der Waals surface area contributed by atoms with Gasteiger partial charge in [-0.05, 0) is 24.1 Å². The highest BCUT2D eigenvalue weighted by Gasteiger charge is 2.21. The molecule has 1 aromatic carbocycles. The van der Waals surface area contributed by atoms with Crippen LogP contribution < -0.4 is 10.6 Å². The maximum Gasteiger partial charge on any atom is 0.328 e. The number of rotatable bonds is 5. The topological polar surface area (TPSA) is 87.7 Å². The first-order valence-electron chi connectivity index (χ1n) is 6.01. The highest BCUT2D eigenvalue weighted by molar-refractivity contribution is 5.97. The number of fused-ring (bicyclic) bond motifs is 1. The van der Waals surface area contributed by atoms with E-state index in [-0.39, 0.29) is 6.61 Å². The molecule has 0 spiro atoms. The lowest BCUT2D eigenvalue weighted by Gasteiger charge is -2.13. The van der Waals surface area contributed by atoms with E-state index in [0.29, 0.717) is 5.56 Å². The Morgan fingerprint density at radius 2 is 2.32 bits per heavy atom. The predicted molar refractivity (Wildman–Crippen MR) is 69.4 cm³/mol. The fourth-order valence-electron chi connectivity index (χ4n) is 2.02. The number of carboxylic acid groups (broad SMARTS) is 1. The lowest BCUT2D eigenvalue weighted by Crippen LogP contribution is -2.43. The van der Waals surface area contributed by atoms with Crippen molar-refractivity contribution in [1.82, 2.24) is 5.32 Å². The van der Waals surface area contributed by atoms with E-state index in [0.717, 1.165) is 18.7 Å². The van der Waals surface area contributed by atoms with Crippen molar-refractivity contribution in [3.05, 3.63) is 29.3 Å². The van der Waals surface area contributed by atoms with E-state index >= 15 is 0 Å². The molecule has 1 atom stereocenters. The highest BCUT2D eigenvalue weighted by atomic mass is 16.5. The molecule has 0 fully saturated rings. The molecule has 1 aromatic rings. The van der Waals surface area contributed by atoms with Crippen LogP contribution in [0.3, 0.4) is 0 Å². The van der Waals surface area contributed by atoms with Gasteiger partial charge in [0, 0.05) is 24.9 Å². The Hall–Kier alpha value is -2.08. The van der Waals surface area contributed by atoms with Gasteiger partial charge in [0.05, 0.1) is 6.61 Å². The predicted octanol–water partition coefficient (Wildman–Crippen LogP) is 0.484. The SMILES string of the molecule is COCC(NC(=O)c1ccc2c(c1)NCC2)C(=O)O. The van der Waals surface area contributed by atoms with Crippen LogP contribution in [0.4, 0.5) is 5.69 Å². The van der Waals surface area contributed by atoms with Gasteiger partial charge < -0.3 is 20.5 Å². The molecule has 1 unspecified atom stereocenters. The van der Waals surface area contributed by atoms with Crippen LogP contribution in [0.5, 0.6) is 0 Å². The second-order valence-corrected chi connectivity index (χ2v) is 4.37. The van der Waals surface area contributed by atoms with E-state index in [1.807, 2.05) is 6.07 Å². The fraction of sp³-hybridized carbons (Fsp3) is 0.385. The number of hydrogen-bond acceptors (Lipinski definition) is 4. The van der Waals surface area contributed by atoms with Crippen LogP contribution in [-0.4, -0.2) is 43.3 Å². The Morgan fingerprint density at radius 1 is 1.53 bits per heavy atom. The smallest absolute Gasteiger partial charge is 0.328 e. The summed E-state index contributed by atoms with van der Waals surface area (Å²) in [7, 11) is 1.39.